The molecule has 0 aliphatic heterocycles. The van der Waals surface area contributed by atoms with Crippen molar-refractivity contribution in [2.45, 2.75) is 38.0 Å². The lowest BCUT2D eigenvalue weighted by atomic mass is 9.83. The van der Waals surface area contributed by atoms with Gasteiger partial charge in [-0.3, -0.25) is 0 Å². The summed E-state index contributed by atoms with van der Waals surface area (Å²) >= 11 is 1.87. The molecule has 0 N–H and O–H groups in total. The summed E-state index contributed by atoms with van der Waals surface area (Å²) in [6.45, 7) is 0. The van der Waals surface area contributed by atoms with Crippen LogP contribution in [0.4, 0.5) is 17.1 Å². The van der Waals surface area contributed by atoms with Gasteiger partial charge in [0.25, 0.3) is 0 Å². The number of rotatable bonds is 8. The molecule has 56 heavy (non-hydrogen) atoms. The Morgan fingerprint density at radius 1 is 0.393 bits per heavy atom. The summed E-state index contributed by atoms with van der Waals surface area (Å²) in [5.74, 6) is 0.686. The lowest BCUT2D eigenvalue weighted by Crippen LogP contribution is -2.11. The molecule has 0 unspecified atom stereocenters. The molecule has 1 fully saturated rings. The predicted octanol–water partition coefficient (Wildman–Crippen LogP) is 16.2. The van der Waals surface area contributed by atoms with E-state index in [9.17, 15) is 0 Å². The second-order valence-electron chi connectivity index (χ2n) is 15.1. The van der Waals surface area contributed by atoms with Crippen LogP contribution in [0.15, 0.2) is 194 Å². The Morgan fingerprint density at radius 2 is 0.946 bits per heavy atom. The fourth-order valence-electron chi connectivity index (χ4n) is 8.92. The minimum Gasteiger partial charge on any atom is -0.310 e. The van der Waals surface area contributed by atoms with Crippen molar-refractivity contribution in [3.05, 3.63) is 200 Å². The average molecular weight is 738 g/mol. The van der Waals surface area contributed by atoms with Crippen LogP contribution in [0, 0.1) is 0 Å². The van der Waals surface area contributed by atoms with Crippen molar-refractivity contribution in [3.8, 4) is 44.5 Å². The van der Waals surface area contributed by atoms with Crippen molar-refractivity contribution in [2.75, 3.05) is 4.90 Å². The molecule has 1 aromatic heterocycles. The summed E-state index contributed by atoms with van der Waals surface area (Å²) in [7, 11) is 0. The molecule has 0 spiro atoms. The van der Waals surface area contributed by atoms with E-state index in [1.807, 2.05) is 11.3 Å². The number of nitrogens with zero attached hydrogens (tertiary/aromatic N) is 1. The molecule has 270 valence electrons. The summed E-state index contributed by atoms with van der Waals surface area (Å²) in [4.78, 5) is 2.46. The maximum atomic E-state index is 2.46. The van der Waals surface area contributed by atoms with E-state index in [-0.39, 0.29) is 0 Å². The Balaban J connectivity index is 1.12. The van der Waals surface area contributed by atoms with Crippen molar-refractivity contribution < 1.29 is 0 Å². The minimum absolute atomic E-state index is 0.686. The lowest BCUT2D eigenvalue weighted by Gasteiger charge is -2.28. The highest BCUT2D eigenvalue weighted by atomic mass is 32.1. The Kier molecular flexibility index (Phi) is 9.27. The Morgan fingerprint density at radius 3 is 1.66 bits per heavy atom. The normalized spacial score (nSPS) is 13.3. The predicted molar refractivity (Wildman–Crippen MR) is 242 cm³/mol. The molecule has 1 heterocycles. The third-order valence-electron chi connectivity index (χ3n) is 11.7. The first-order valence-corrected chi connectivity index (χ1v) is 20.9. The smallest absolute Gasteiger partial charge is 0.0540 e. The molecule has 9 aromatic rings. The molecule has 10 rings (SSSR count). The van der Waals surface area contributed by atoms with Crippen molar-refractivity contribution in [1.82, 2.24) is 0 Å². The van der Waals surface area contributed by atoms with E-state index < -0.39 is 0 Å². The van der Waals surface area contributed by atoms with Crippen LogP contribution < -0.4 is 4.90 Å². The van der Waals surface area contributed by atoms with Crippen LogP contribution in [-0.2, 0) is 0 Å². The van der Waals surface area contributed by atoms with Gasteiger partial charge < -0.3 is 4.90 Å². The molecule has 0 atom stereocenters. The molecule has 0 amide bonds. The van der Waals surface area contributed by atoms with Crippen molar-refractivity contribution in [2.24, 2.45) is 0 Å². The van der Waals surface area contributed by atoms with E-state index in [1.165, 1.54) is 108 Å². The van der Waals surface area contributed by atoms with E-state index >= 15 is 0 Å². The van der Waals surface area contributed by atoms with E-state index in [0.717, 1.165) is 11.4 Å². The van der Waals surface area contributed by atoms with Crippen molar-refractivity contribution >= 4 is 48.6 Å². The van der Waals surface area contributed by atoms with Crippen molar-refractivity contribution in [3.63, 3.8) is 0 Å². The van der Waals surface area contributed by atoms with E-state index in [2.05, 4.69) is 199 Å². The fourth-order valence-corrected chi connectivity index (χ4v) is 10.1. The number of benzene rings is 8. The molecule has 0 saturated heterocycles. The standard InChI is InChI=1S/C54H43NS/c1-4-15-38(16-5-1)39-27-29-42(30-28-39)46-21-10-12-25-51(46)55(45-35-36-50-49-22-11-13-26-52(49)56-53(50)37-45)44-33-31-43(32-34-44)54-47(40-17-6-2-7-18-40)23-14-24-48(54)41-19-8-3-9-20-41/h2-3,6-14,17-38H,1,4-5,15-16H2. The molecule has 1 aliphatic rings. The third kappa shape index (κ3) is 6.51. The Hall–Kier alpha value is -6.22. The largest absolute Gasteiger partial charge is 0.310 e. The molecule has 0 radical (unpaired) electrons. The number of thiophene rings is 1. The highest BCUT2D eigenvalue weighted by Gasteiger charge is 2.21. The quantitative estimate of drug-likeness (QED) is 0.150. The first-order valence-electron chi connectivity index (χ1n) is 20.0. The highest BCUT2D eigenvalue weighted by Crippen LogP contribution is 2.46. The van der Waals surface area contributed by atoms with Gasteiger partial charge in [0.1, 0.15) is 0 Å². The molecular weight excluding hydrogens is 695 g/mol. The van der Waals surface area contributed by atoms with Gasteiger partial charge in [0, 0.05) is 37.1 Å². The summed E-state index contributed by atoms with van der Waals surface area (Å²) < 4.78 is 2.62. The van der Waals surface area contributed by atoms with Crippen LogP contribution in [0.3, 0.4) is 0 Å². The van der Waals surface area contributed by atoms with Gasteiger partial charge in [-0.15, -0.1) is 11.3 Å². The number of hydrogen-bond donors (Lipinski definition) is 0. The first kappa shape index (κ1) is 34.3. The van der Waals surface area contributed by atoms with Gasteiger partial charge in [-0.25, -0.2) is 0 Å². The zero-order valence-electron chi connectivity index (χ0n) is 31.4. The van der Waals surface area contributed by atoms with Crippen LogP contribution in [0.5, 0.6) is 0 Å². The molecule has 8 aromatic carbocycles. The van der Waals surface area contributed by atoms with Crippen LogP contribution >= 0.6 is 11.3 Å². The second kappa shape index (κ2) is 15.1. The first-order chi connectivity index (χ1) is 27.8. The number of fused-ring (bicyclic) bond motifs is 3. The second-order valence-corrected chi connectivity index (χ2v) is 16.2. The maximum Gasteiger partial charge on any atom is 0.0540 e. The summed E-state index contributed by atoms with van der Waals surface area (Å²) in [6, 6.07) is 71.7. The third-order valence-corrected chi connectivity index (χ3v) is 12.8. The average Bonchev–Trinajstić information content (AvgIpc) is 3.66. The summed E-state index contributed by atoms with van der Waals surface area (Å²) in [5.41, 5.74) is 14.7. The Labute approximate surface area is 334 Å². The molecule has 2 heteroatoms. The van der Waals surface area contributed by atoms with E-state index in [1.54, 1.807) is 0 Å². The van der Waals surface area contributed by atoms with Gasteiger partial charge in [-0.05, 0) is 99.7 Å². The van der Waals surface area contributed by atoms with Gasteiger partial charge in [0.2, 0.25) is 0 Å². The van der Waals surface area contributed by atoms with Gasteiger partial charge in [-0.1, -0.05) is 177 Å². The van der Waals surface area contributed by atoms with Crippen LogP contribution in [-0.4, -0.2) is 0 Å². The summed E-state index contributed by atoms with van der Waals surface area (Å²) in [5, 5.41) is 2.63. The molecular formula is C54H43NS. The zero-order chi connectivity index (χ0) is 37.3. The SMILES string of the molecule is c1ccc(-c2cccc(-c3ccccc3)c2-c2ccc(N(c3ccc4c(c3)sc3ccccc34)c3ccccc3-c3ccc(C4CCCCC4)cc3)cc2)cc1. The van der Waals surface area contributed by atoms with Crippen LogP contribution in [0.25, 0.3) is 64.7 Å². The van der Waals surface area contributed by atoms with Gasteiger partial charge >= 0.3 is 0 Å². The van der Waals surface area contributed by atoms with Gasteiger partial charge in [0.05, 0.1) is 5.69 Å². The molecule has 1 aliphatic carbocycles. The number of anilines is 3. The van der Waals surface area contributed by atoms with Crippen molar-refractivity contribution in [1.29, 1.82) is 0 Å². The zero-order valence-corrected chi connectivity index (χ0v) is 32.3. The summed E-state index contributed by atoms with van der Waals surface area (Å²) in [6.07, 6.45) is 6.68. The maximum absolute atomic E-state index is 2.46. The topological polar surface area (TPSA) is 3.24 Å². The monoisotopic (exact) mass is 737 g/mol. The number of hydrogen-bond acceptors (Lipinski definition) is 2. The molecule has 1 nitrogen and oxygen atoms in total. The number of para-hydroxylation sites is 1. The van der Waals surface area contributed by atoms with Crippen LogP contribution in [0.1, 0.15) is 43.6 Å². The minimum atomic E-state index is 0.686. The molecule has 1 saturated carbocycles. The van der Waals surface area contributed by atoms with Gasteiger partial charge in [-0.2, -0.15) is 0 Å². The van der Waals surface area contributed by atoms with E-state index in [0.29, 0.717) is 5.92 Å². The Bertz CT molecular complexity index is 2700. The molecule has 0 bridgehead atoms. The van der Waals surface area contributed by atoms with E-state index in [4.69, 9.17) is 0 Å². The van der Waals surface area contributed by atoms with Crippen LogP contribution in [0.2, 0.25) is 0 Å². The lowest BCUT2D eigenvalue weighted by molar-refractivity contribution is 0.443. The van der Waals surface area contributed by atoms with Gasteiger partial charge in [0.15, 0.2) is 0 Å². The fraction of sp³-hybridized carbons (Fsp3) is 0.111. The highest BCUT2D eigenvalue weighted by molar-refractivity contribution is 7.25.